The molecule has 1 saturated heterocycles. The smallest absolute Gasteiger partial charge is 0.290 e. The number of nitrogens with one attached hydrogen (secondary N) is 2. The van der Waals surface area contributed by atoms with Crippen LogP contribution in [0.3, 0.4) is 0 Å². The van der Waals surface area contributed by atoms with Crippen molar-refractivity contribution in [2.75, 3.05) is 5.32 Å². The van der Waals surface area contributed by atoms with E-state index in [1.807, 2.05) is 37.3 Å². The van der Waals surface area contributed by atoms with Crippen molar-refractivity contribution in [3.05, 3.63) is 82.8 Å². The minimum absolute atomic E-state index is 0.00731. The minimum Gasteiger partial charge on any atom is -0.362 e. The number of hydrogen-bond donors (Lipinski definition) is 2. The summed E-state index contributed by atoms with van der Waals surface area (Å²) < 4.78 is 15.1. The summed E-state index contributed by atoms with van der Waals surface area (Å²) in [5, 5.41) is 4.95. The molecular formula is C22H17FN4O2S. The lowest BCUT2D eigenvalue weighted by atomic mass is 10.1. The van der Waals surface area contributed by atoms with Gasteiger partial charge in [-0.1, -0.05) is 42.5 Å². The Labute approximate surface area is 176 Å². The number of carbonyl (C=O) groups is 2. The molecule has 6 nitrogen and oxygen atoms in total. The van der Waals surface area contributed by atoms with Crippen LogP contribution < -0.4 is 10.6 Å². The molecule has 1 aliphatic heterocycles. The summed E-state index contributed by atoms with van der Waals surface area (Å²) in [5.41, 5.74) is 1.89. The first-order valence-electron chi connectivity index (χ1n) is 9.18. The summed E-state index contributed by atoms with van der Waals surface area (Å²) in [7, 11) is 0. The number of rotatable bonds is 5. The monoisotopic (exact) mass is 420 g/mol. The van der Waals surface area contributed by atoms with Crippen molar-refractivity contribution in [2.45, 2.75) is 13.0 Å². The molecular weight excluding hydrogens is 403 g/mol. The van der Waals surface area contributed by atoms with Gasteiger partial charge in [0, 0.05) is 17.2 Å². The van der Waals surface area contributed by atoms with Gasteiger partial charge in [0.05, 0.1) is 23.0 Å². The Hall–Kier alpha value is -3.52. The number of nitrogens with zero attached hydrogens (tertiary/aromatic N) is 2. The SMILES string of the molecule is CC(Nc1cncc(-c2cccc(C=C3SC(=O)NC3=O)c2F)n1)c1ccccc1. The van der Waals surface area contributed by atoms with Crippen LogP contribution in [0.5, 0.6) is 0 Å². The molecule has 3 aromatic rings. The van der Waals surface area contributed by atoms with Crippen LogP contribution in [0.2, 0.25) is 0 Å². The Balaban J connectivity index is 1.62. The van der Waals surface area contributed by atoms with E-state index in [1.165, 1.54) is 18.3 Å². The van der Waals surface area contributed by atoms with Gasteiger partial charge in [0.25, 0.3) is 11.1 Å². The van der Waals surface area contributed by atoms with Gasteiger partial charge in [-0.3, -0.25) is 19.9 Å². The third kappa shape index (κ3) is 4.23. The van der Waals surface area contributed by atoms with E-state index in [4.69, 9.17) is 0 Å². The van der Waals surface area contributed by atoms with Crippen molar-refractivity contribution in [3.8, 4) is 11.3 Å². The summed E-state index contributed by atoms with van der Waals surface area (Å²) in [6.07, 6.45) is 4.42. The second-order valence-electron chi connectivity index (χ2n) is 6.63. The van der Waals surface area contributed by atoms with Crippen LogP contribution in [0.4, 0.5) is 15.0 Å². The molecule has 1 aliphatic rings. The maximum Gasteiger partial charge on any atom is 0.290 e. The lowest BCUT2D eigenvalue weighted by Gasteiger charge is -2.15. The Morgan fingerprint density at radius 1 is 1.10 bits per heavy atom. The second kappa shape index (κ2) is 8.46. The molecule has 1 fully saturated rings. The standard InChI is InChI=1S/C22H17FN4O2S/c1-13(14-6-3-2-4-7-14)25-19-12-24-11-17(26-19)16-9-5-8-15(20(16)23)10-18-21(28)27-22(29)30-18/h2-13H,1H3,(H,25,26)(H,27,28,29). The van der Waals surface area contributed by atoms with Gasteiger partial charge in [-0.25, -0.2) is 9.37 Å². The largest absolute Gasteiger partial charge is 0.362 e. The summed E-state index contributed by atoms with van der Waals surface area (Å²) >= 11 is 0.743. The maximum absolute atomic E-state index is 15.1. The molecule has 0 radical (unpaired) electrons. The summed E-state index contributed by atoms with van der Waals surface area (Å²) in [6.45, 7) is 2.00. The number of imide groups is 1. The number of thioether (sulfide) groups is 1. The molecule has 0 spiro atoms. The van der Waals surface area contributed by atoms with Gasteiger partial charge in [0.2, 0.25) is 0 Å². The molecule has 2 aromatic carbocycles. The number of carbonyl (C=O) groups excluding carboxylic acids is 2. The topological polar surface area (TPSA) is 84.0 Å². The van der Waals surface area contributed by atoms with E-state index in [1.54, 1.807) is 18.3 Å². The van der Waals surface area contributed by atoms with Crippen LogP contribution in [0.15, 0.2) is 65.8 Å². The van der Waals surface area contributed by atoms with Crippen LogP contribution in [-0.2, 0) is 4.79 Å². The van der Waals surface area contributed by atoms with E-state index < -0.39 is 17.0 Å². The molecule has 2 amide bonds. The van der Waals surface area contributed by atoms with E-state index in [0.717, 1.165) is 17.3 Å². The molecule has 0 bridgehead atoms. The highest BCUT2D eigenvalue weighted by molar-refractivity contribution is 8.18. The van der Waals surface area contributed by atoms with Gasteiger partial charge < -0.3 is 5.32 Å². The molecule has 2 heterocycles. The van der Waals surface area contributed by atoms with Crippen molar-refractivity contribution in [1.29, 1.82) is 0 Å². The van der Waals surface area contributed by atoms with Crippen molar-refractivity contribution in [2.24, 2.45) is 0 Å². The number of halogens is 1. The predicted molar refractivity (Wildman–Crippen MR) is 115 cm³/mol. The highest BCUT2D eigenvalue weighted by atomic mass is 32.2. The molecule has 1 atom stereocenters. The van der Waals surface area contributed by atoms with E-state index in [0.29, 0.717) is 11.5 Å². The Morgan fingerprint density at radius 3 is 2.63 bits per heavy atom. The Bertz CT molecular complexity index is 1150. The zero-order chi connectivity index (χ0) is 21.1. The van der Waals surface area contributed by atoms with Crippen molar-refractivity contribution in [3.63, 3.8) is 0 Å². The average Bonchev–Trinajstić information content (AvgIpc) is 3.07. The third-order valence-corrected chi connectivity index (χ3v) is 5.34. The molecule has 30 heavy (non-hydrogen) atoms. The lowest BCUT2D eigenvalue weighted by Crippen LogP contribution is -2.17. The first-order valence-corrected chi connectivity index (χ1v) is 10.00. The van der Waals surface area contributed by atoms with E-state index in [2.05, 4.69) is 20.6 Å². The number of amides is 2. The summed E-state index contributed by atoms with van der Waals surface area (Å²) in [5.74, 6) is -0.556. The van der Waals surface area contributed by atoms with Crippen molar-refractivity contribution < 1.29 is 14.0 Å². The highest BCUT2D eigenvalue weighted by Gasteiger charge is 2.25. The summed E-state index contributed by atoms with van der Waals surface area (Å²) in [6, 6.07) is 14.7. The summed E-state index contributed by atoms with van der Waals surface area (Å²) in [4.78, 5) is 31.9. The van der Waals surface area contributed by atoms with Gasteiger partial charge in [-0.05, 0) is 36.4 Å². The zero-order valence-electron chi connectivity index (χ0n) is 15.9. The third-order valence-electron chi connectivity index (χ3n) is 4.53. The molecule has 0 aliphatic carbocycles. The van der Waals surface area contributed by atoms with E-state index >= 15 is 4.39 Å². The maximum atomic E-state index is 15.1. The molecule has 0 saturated carbocycles. The molecule has 8 heteroatoms. The van der Waals surface area contributed by atoms with Crippen LogP contribution in [0.1, 0.15) is 24.1 Å². The molecule has 1 unspecified atom stereocenters. The Kier molecular flexibility index (Phi) is 5.58. The average molecular weight is 420 g/mol. The zero-order valence-corrected chi connectivity index (χ0v) is 16.7. The quantitative estimate of drug-likeness (QED) is 0.578. The van der Waals surface area contributed by atoms with E-state index in [-0.39, 0.29) is 22.1 Å². The minimum atomic E-state index is -0.541. The molecule has 4 rings (SSSR count). The van der Waals surface area contributed by atoms with Crippen LogP contribution in [0.25, 0.3) is 17.3 Å². The highest BCUT2D eigenvalue weighted by Crippen LogP contribution is 2.30. The van der Waals surface area contributed by atoms with Crippen LogP contribution in [-0.4, -0.2) is 21.1 Å². The van der Waals surface area contributed by atoms with E-state index in [9.17, 15) is 9.59 Å². The second-order valence-corrected chi connectivity index (χ2v) is 7.64. The number of anilines is 1. The fourth-order valence-corrected chi connectivity index (χ4v) is 3.71. The number of aromatic nitrogens is 2. The first-order chi connectivity index (χ1) is 14.5. The van der Waals surface area contributed by atoms with Crippen molar-refractivity contribution >= 4 is 34.8 Å². The first kappa shape index (κ1) is 19.8. The molecule has 150 valence electrons. The fourth-order valence-electron chi connectivity index (χ4n) is 3.03. The van der Waals surface area contributed by atoms with Gasteiger partial charge in [0.15, 0.2) is 0 Å². The Morgan fingerprint density at radius 2 is 1.90 bits per heavy atom. The lowest BCUT2D eigenvalue weighted by molar-refractivity contribution is -0.115. The molecule has 2 N–H and O–H groups in total. The normalized spacial score (nSPS) is 15.9. The van der Waals surface area contributed by atoms with Crippen LogP contribution >= 0.6 is 11.8 Å². The van der Waals surface area contributed by atoms with Crippen LogP contribution in [0, 0.1) is 5.82 Å². The predicted octanol–water partition coefficient (Wildman–Crippen LogP) is 4.78. The van der Waals surface area contributed by atoms with Gasteiger partial charge in [-0.2, -0.15) is 0 Å². The van der Waals surface area contributed by atoms with Gasteiger partial charge in [-0.15, -0.1) is 0 Å². The number of hydrogen-bond acceptors (Lipinski definition) is 6. The van der Waals surface area contributed by atoms with Gasteiger partial charge in [0.1, 0.15) is 11.6 Å². The van der Waals surface area contributed by atoms with Gasteiger partial charge >= 0.3 is 0 Å². The fraction of sp³-hybridized carbons (Fsp3) is 0.0909. The molecule has 1 aromatic heterocycles. The van der Waals surface area contributed by atoms with Crippen molar-refractivity contribution in [1.82, 2.24) is 15.3 Å². The number of benzene rings is 2.